The fraction of sp³-hybridized carbons (Fsp3) is 1.00. The molecule has 88 valence electrons. The van der Waals surface area contributed by atoms with Gasteiger partial charge >= 0.3 is 0 Å². The summed E-state index contributed by atoms with van der Waals surface area (Å²) in [6, 6.07) is 2.35. The molecule has 3 unspecified atom stereocenters. The van der Waals surface area contributed by atoms with Gasteiger partial charge in [-0.1, -0.05) is 6.92 Å². The van der Waals surface area contributed by atoms with Crippen LogP contribution in [0.25, 0.3) is 0 Å². The molecule has 0 aromatic heterocycles. The molecule has 1 saturated carbocycles. The fourth-order valence-electron chi connectivity index (χ4n) is 2.82. The maximum atomic E-state index is 3.64. The summed E-state index contributed by atoms with van der Waals surface area (Å²) < 4.78 is 0. The molecule has 1 saturated heterocycles. The molecule has 2 rings (SSSR count). The lowest BCUT2D eigenvalue weighted by Gasteiger charge is -2.40. The third-order valence-electron chi connectivity index (χ3n) is 4.04. The summed E-state index contributed by atoms with van der Waals surface area (Å²) in [4.78, 5) is 2.69. The van der Waals surface area contributed by atoms with Crippen molar-refractivity contribution in [1.82, 2.24) is 10.2 Å². The molecule has 2 nitrogen and oxygen atoms in total. The van der Waals surface area contributed by atoms with Gasteiger partial charge in [-0.15, -0.1) is 0 Å². The normalized spacial score (nSPS) is 35.4. The third-order valence-corrected chi connectivity index (χ3v) is 4.04. The second-order valence-corrected chi connectivity index (χ2v) is 5.75. The molecule has 3 atom stereocenters. The number of nitrogens with zero attached hydrogens (tertiary/aromatic N) is 1. The van der Waals surface area contributed by atoms with Gasteiger partial charge in [0.2, 0.25) is 0 Å². The Kier molecular flexibility index (Phi) is 3.68. The van der Waals surface area contributed by atoms with Crippen molar-refractivity contribution < 1.29 is 0 Å². The van der Waals surface area contributed by atoms with Crippen LogP contribution in [0.4, 0.5) is 0 Å². The van der Waals surface area contributed by atoms with E-state index in [1.807, 2.05) is 0 Å². The van der Waals surface area contributed by atoms with Gasteiger partial charge in [-0.3, -0.25) is 4.90 Å². The van der Waals surface area contributed by atoms with E-state index in [9.17, 15) is 0 Å². The standard InChI is InChI=1S/C13H26N2/c1-10-6-7-15(11(2)8-10)12(3)9-14-13-4-5-13/h10-14H,4-9H2,1-3H3. The molecule has 1 aliphatic heterocycles. The Morgan fingerprint density at radius 3 is 2.60 bits per heavy atom. The van der Waals surface area contributed by atoms with Crippen molar-refractivity contribution in [1.29, 1.82) is 0 Å². The molecule has 2 heteroatoms. The van der Waals surface area contributed by atoms with Crippen molar-refractivity contribution in [3.63, 3.8) is 0 Å². The number of piperidine rings is 1. The van der Waals surface area contributed by atoms with Crippen LogP contribution < -0.4 is 5.32 Å². The minimum atomic E-state index is 0.716. The van der Waals surface area contributed by atoms with Crippen LogP contribution in [-0.2, 0) is 0 Å². The summed E-state index contributed by atoms with van der Waals surface area (Å²) in [5.74, 6) is 0.930. The highest BCUT2D eigenvalue weighted by Gasteiger charge is 2.28. The Balaban J connectivity index is 1.74. The monoisotopic (exact) mass is 210 g/mol. The van der Waals surface area contributed by atoms with Crippen molar-refractivity contribution >= 4 is 0 Å². The summed E-state index contributed by atoms with van der Waals surface area (Å²) in [6.45, 7) is 9.64. The zero-order valence-corrected chi connectivity index (χ0v) is 10.5. The Morgan fingerprint density at radius 2 is 2.00 bits per heavy atom. The Morgan fingerprint density at radius 1 is 1.27 bits per heavy atom. The molecule has 15 heavy (non-hydrogen) atoms. The topological polar surface area (TPSA) is 15.3 Å². The van der Waals surface area contributed by atoms with Crippen LogP contribution in [-0.4, -0.2) is 36.1 Å². The van der Waals surface area contributed by atoms with E-state index >= 15 is 0 Å². The Labute approximate surface area is 94.4 Å². The minimum Gasteiger partial charge on any atom is -0.312 e. The van der Waals surface area contributed by atoms with E-state index in [1.54, 1.807) is 0 Å². The van der Waals surface area contributed by atoms with Gasteiger partial charge in [0.05, 0.1) is 0 Å². The van der Waals surface area contributed by atoms with Gasteiger partial charge in [0, 0.05) is 24.7 Å². The van der Waals surface area contributed by atoms with Crippen LogP contribution in [0.3, 0.4) is 0 Å². The maximum absolute atomic E-state index is 3.64. The molecule has 0 aromatic rings. The number of likely N-dealkylation sites (tertiary alicyclic amines) is 1. The molecule has 0 aromatic carbocycles. The summed E-state index contributed by atoms with van der Waals surface area (Å²) in [5, 5.41) is 3.64. The molecule has 0 radical (unpaired) electrons. The van der Waals surface area contributed by atoms with Gasteiger partial charge in [-0.05, 0) is 52.0 Å². The Bertz CT molecular complexity index is 201. The number of rotatable bonds is 4. The van der Waals surface area contributed by atoms with Crippen LogP contribution in [0.5, 0.6) is 0 Å². The van der Waals surface area contributed by atoms with E-state index in [1.165, 1.54) is 38.8 Å². The van der Waals surface area contributed by atoms with E-state index in [-0.39, 0.29) is 0 Å². The average molecular weight is 210 g/mol. The van der Waals surface area contributed by atoms with E-state index in [2.05, 4.69) is 31.0 Å². The second kappa shape index (κ2) is 4.84. The van der Waals surface area contributed by atoms with Crippen molar-refractivity contribution in [2.75, 3.05) is 13.1 Å². The lowest BCUT2D eigenvalue weighted by molar-refractivity contribution is 0.0888. The molecule has 0 amide bonds. The SMILES string of the molecule is CC1CCN(C(C)CNC2CC2)C(C)C1. The van der Waals surface area contributed by atoms with Gasteiger partial charge in [-0.2, -0.15) is 0 Å². The number of hydrogen-bond acceptors (Lipinski definition) is 2. The molecule has 1 N–H and O–H groups in total. The van der Waals surface area contributed by atoms with Gasteiger partial charge < -0.3 is 5.32 Å². The van der Waals surface area contributed by atoms with E-state index in [0.29, 0.717) is 6.04 Å². The average Bonchev–Trinajstić information content (AvgIpc) is 2.97. The summed E-state index contributed by atoms with van der Waals surface area (Å²) in [7, 11) is 0. The highest BCUT2D eigenvalue weighted by Crippen LogP contribution is 2.24. The molecular formula is C13H26N2. The first kappa shape index (κ1) is 11.4. The van der Waals surface area contributed by atoms with E-state index in [4.69, 9.17) is 0 Å². The molecule has 1 aliphatic carbocycles. The van der Waals surface area contributed by atoms with E-state index < -0.39 is 0 Å². The van der Waals surface area contributed by atoms with Crippen molar-refractivity contribution in [2.24, 2.45) is 5.92 Å². The highest BCUT2D eigenvalue weighted by molar-refractivity contribution is 4.86. The van der Waals surface area contributed by atoms with Gasteiger partial charge in [0.25, 0.3) is 0 Å². The minimum absolute atomic E-state index is 0.716. The Hall–Kier alpha value is -0.0800. The molecule has 0 bridgehead atoms. The van der Waals surface area contributed by atoms with Crippen molar-refractivity contribution in [3.05, 3.63) is 0 Å². The predicted octanol–water partition coefficient (Wildman–Crippen LogP) is 2.25. The largest absolute Gasteiger partial charge is 0.312 e. The lowest BCUT2D eigenvalue weighted by Crippen LogP contribution is -2.49. The van der Waals surface area contributed by atoms with Crippen LogP contribution >= 0.6 is 0 Å². The zero-order chi connectivity index (χ0) is 10.8. The molecule has 0 spiro atoms. The van der Waals surface area contributed by atoms with Gasteiger partial charge in [0.1, 0.15) is 0 Å². The smallest absolute Gasteiger partial charge is 0.0195 e. The van der Waals surface area contributed by atoms with Crippen LogP contribution in [0.1, 0.15) is 46.5 Å². The zero-order valence-electron chi connectivity index (χ0n) is 10.5. The first-order valence-electron chi connectivity index (χ1n) is 6.66. The van der Waals surface area contributed by atoms with Gasteiger partial charge in [0.15, 0.2) is 0 Å². The highest BCUT2D eigenvalue weighted by atomic mass is 15.2. The quantitative estimate of drug-likeness (QED) is 0.765. The third kappa shape index (κ3) is 3.18. The molecular weight excluding hydrogens is 184 g/mol. The number of hydrogen-bond donors (Lipinski definition) is 1. The number of nitrogens with one attached hydrogen (secondary N) is 1. The van der Waals surface area contributed by atoms with Gasteiger partial charge in [-0.25, -0.2) is 0 Å². The predicted molar refractivity (Wildman–Crippen MR) is 65.1 cm³/mol. The summed E-state index contributed by atoms with van der Waals surface area (Å²) in [6.07, 6.45) is 5.57. The first-order valence-corrected chi connectivity index (χ1v) is 6.66. The molecule has 1 heterocycles. The van der Waals surface area contributed by atoms with Crippen LogP contribution in [0.2, 0.25) is 0 Å². The molecule has 2 aliphatic rings. The van der Waals surface area contributed by atoms with Crippen molar-refractivity contribution in [2.45, 2.75) is 64.6 Å². The molecule has 2 fully saturated rings. The maximum Gasteiger partial charge on any atom is 0.0195 e. The lowest BCUT2D eigenvalue weighted by atomic mass is 9.92. The van der Waals surface area contributed by atoms with Crippen LogP contribution in [0, 0.1) is 5.92 Å². The van der Waals surface area contributed by atoms with Crippen molar-refractivity contribution in [3.8, 4) is 0 Å². The second-order valence-electron chi connectivity index (χ2n) is 5.75. The first-order chi connectivity index (χ1) is 7.16. The summed E-state index contributed by atoms with van der Waals surface area (Å²) in [5.41, 5.74) is 0. The summed E-state index contributed by atoms with van der Waals surface area (Å²) >= 11 is 0. The van der Waals surface area contributed by atoms with E-state index in [0.717, 1.165) is 18.0 Å². The fourth-order valence-corrected chi connectivity index (χ4v) is 2.82. The van der Waals surface area contributed by atoms with Crippen LogP contribution in [0.15, 0.2) is 0 Å².